The lowest BCUT2D eigenvalue weighted by molar-refractivity contribution is -0.268. The van der Waals surface area contributed by atoms with Crippen molar-refractivity contribution in [3.8, 4) is 11.1 Å². The van der Waals surface area contributed by atoms with E-state index in [1.807, 2.05) is 84.4 Å². The Hall–Kier alpha value is -2.63. The Morgan fingerprint density at radius 3 is 2.37 bits per heavy atom. The van der Waals surface area contributed by atoms with Gasteiger partial charge in [-0.1, -0.05) is 120 Å². The number of hydrogen-bond acceptors (Lipinski definition) is 7. The maximum Gasteiger partial charge on any atom is 0.272 e. The molecule has 1 aromatic heterocycles. The lowest BCUT2D eigenvalue weighted by atomic mass is 9.91. The third kappa shape index (κ3) is 7.91. The average Bonchev–Trinajstić information content (AvgIpc) is 3.43. The molecule has 1 aliphatic heterocycles. The van der Waals surface area contributed by atoms with Gasteiger partial charge in [-0.05, 0) is 33.9 Å². The number of aromatic nitrogens is 3. The van der Waals surface area contributed by atoms with Crippen LogP contribution in [-0.4, -0.2) is 41.4 Å². The van der Waals surface area contributed by atoms with Crippen molar-refractivity contribution in [1.29, 1.82) is 0 Å². The van der Waals surface area contributed by atoms with E-state index in [0.717, 1.165) is 38.5 Å². The lowest BCUT2D eigenvalue weighted by Crippen LogP contribution is -2.38. The van der Waals surface area contributed by atoms with Crippen LogP contribution < -0.4 is 5.32 Å². The standard InChI is InChI=1S/C31H31Cl3N4O4S/c1-19-26(17-43-30-37-36-18-38(30)2)41-28(42-27(19)23-8-6-20(16-39)7-9-23)24-12-10-22(11-13-24)25-5-3-4-21(14-25)15-35-29(40)31(32,33)34/h3-14,18-19,26-28,39H,15-17H2,1-2H3,(H,35,40). The third-order valence-electron chi connectivity index (χ3n) is 7.32. The molecule has 4 atom stereocenters. The SMILES string of the molecule is CC1C(CSc2nncn2C)OC(c2ccc(-c3cccc(CNC(=O)C(Cl)(Cl)Cl)c3)cc2)OC1c1ccc(CO)cc1. The molecule has 2 N–H and O–H groups in total. The van der Waals surface area contributed by atoms with Crippen LogP contribution in [0.4, 0.5) is 0 Å². The first-order chi connectivity index (χ1) is 20.6. The van der Waals surface area contributed by atoms with E-state index in [9.17, 15) is 9.90 Å². The summed E-state index contributed by atoms with van der Waals surface area (Å²) in [5.74, 6) is 0.0596. The number of nitrogens with zero attached hydrogens (tertiary/aromatic N) is 3. The van der Waals surface area contributed by atoms with Crippen molar-refractivity contribution in [1.82, 2.24) is 20.1 Å². The second kappa shape index (κ2) is 14.0. The minimum atomic E-state index is -2.01. The molecule has 1 amide bonds. The topological polar surface area (TPSA) is 98.5 Å². The van der Waals surface area contributed by atoms with Gasteiger partial charge in [0.1, 0.15) is 6.33 Å². The molecule has 0 saturated carbocycles. The molecule has 0 bridgehead atoms. The summed E-state index contributed by atoms with van der Waals surface area (Å²) in [4.78, 5) is 11.9. The van der Waals surface area contributed by atoms with Gasteiger partial charge in [-0.15, -0.1) is 10.2 Å². The number of amides is 1. The Kier molecular flexibility index (Phi) is 10.3. The molecule has 4 aromatic rings. The van der Waals surface area contributed by atoms with Gasteiger partial charge in [-0.3, -0.25) is 4.79 Å². The Morgan fingerprint density at radius 1 is 1.00 bits per heavy atom. The van der Waals surface area contributed by atoms with Crippen LogP contribution in [0.25, 0.3) is 11.1 Å². The van der Waals surface area contributed by atoms with Crippen LogP contribution in [0.2, 0.25) is 0 Å². The number of nitrogens with one attached hydrogen (secondary N) is 1. The van der Waals surface area contributed by atoms with Gasteiger partial charge in [0.25, 0.3) is 9.70 Å². The molecule has 2 heterocycles. The number of carbonyl (C=O) groups is 1. The minimum absolute atomic E-state index is 0.0110. The fourth-order valence-corrected chi connectivity index (χ4v) is 6.10. The third-order valence-corrected chi connectivity index (χ3v) is 8.96. The van der Waals surface area contributed by atoms with Crippen LogP contribution in [-0.2, 0) is 34.5 Å². The molecule has 0 spiro atoms. The molecule has 0 radical (unpaired) electrons. The van der Waals surface area contributed by atoms with Crippen molar-refractivity contribution in [2.45, 2.75) is 47.5 Å². The Balaban J connectivity index is 1.34. The zero-order chi connectivity index (χ0) is 30.6. The molecule has 4 unspecified atom stereocenters. The first-order valence-corrected chi connectivity index (χ1v) is 15.8. The smallest absolute Gasteiger partial charge is 0.272 e. The van der Waals surface area contributed by atoms with E-state index in [0.29, 0.717) is 5.75 Å². The Morgan fingerprint density at radius 2 is 1.72 bits per heavy atom. The highest BCUT2D eigenvalue weighted by molar-refractivity contribution is 7.99. The van der Waals surface area contributed by atoms with E-state index in [2.05, 4.69) is 22.4 Å². The predicted molar refractivity (Wildman–Crippen MR) is 169 cm³/mol. The quantitative estimate of drug-likeness (QED) is 0.155. The van der Waals surface area contributed by atoms with E-state index >= 15 is 0 Å². The van der Waals surface area contributed by atoms with Crippen LogP contribution in [0.5, 0.6) is 0 Å². The largest absolute Gasteiger partial charge is 0.392 e. The molecule has 12 heteroatoms. The van der Waals surface area contributed by atoms with Crippen LogP contribution in [0, 0.1) is 5.92 Å². The molecule has 8 nitrogen and oxygen atoms in total. The molecule has 5 rings (SSSR count). The molecule has 226 valence electrons. The van der Waals surface area contributed by atoms with Crippen molar-refractivity contribution in [2.75, 3.05) is 5.75 Å². The minimum Gasteiger partial charge on any atom is -0.392 e. The molecular formula is C31H31Cl3N4O4S. The fourth-order valence-electron chi connectivity index (χ4n) is 4.85. The van der Waals surface area contributed by atoms with E-state index in [1.165, 1.54) is 0 Å². The van der Waals surface area contributed by atoms with Gasteiger partial charge in [0.05, 0.1) is 18.8 Å². The number of aliphatic hydroxyl groups is 1. The van der Waals surface area contributed by atoms with E-state index in [-0.39, 0.29) is 31.3 Å². The number of hydrogen-bond donors (Lipinski definition) is 2. The molecule has 1 aliphatic rings. The van der Waals surface area contributed by atoms with Gasteiger partial charge in [0.2, 0.25) is 0 Å². The number of aliphatic hydroxyl groups excluding tert-OH is 1. The number of ether oxygens (including phenoxy) is 2. The normalized spacial score (nSPS) is 20.6. The molecule has 0 aliphatic carbocycles. The summed E-state index contributed by atoms with van der Waals surface area (Å²) in [5.41, 5.74) is 5.62. The monoisotopic (exact) mass is 660 g/mol. The summed E-state index contributed by atoms with van der Waals surface area (Å²) in [7, 11) is 1.92. The summed E-state index contributed by atoms with van der Waals surface area (Å²) in [6, 6.07) is 23.7. The number of carbonyl (C=O) groups excluding carboxylic acids is 1. The first-order valence-electron chi connectivity index (χ1n) is 13.6. The molecule has 3 aromatic carbocycles. The van der Waals surface area contributed by atoms with Crippen LogP contribution >= 0.6 is 46.6 Å². The van der Waals surface area contributed by atoms with Crippen molar-refractivity contribution in [3.63, 3.8) is 0 Å². The number of thioether (sulfide) groups is 1. The van der Waals surface area contributed by atoms with E-state index in [1.54, 1.807) is 18.1 Å². The summed E-state index contributed by atoms with van der Waals surface area (Å²) in [6.45, 7) is 2.35. The van der Waals surface area contributed by atoms with Crippen molar-refractivity contribution in [2.24, 2.45) is 13.0 Å². The summed E-state index contributed by atoms with van der Waals surface area (Å²) >= 11 is 18.6. The highest BCUT2D eigenvalue weighted by Gasteiger charge is 2.38. The molecular weight excluding hydrogens is 631 g/mol. The van der Waals surface area contributed by atoms with Gasteiger partial charge in [0.15, 0.2) is 11.4 Å². The van der Waals surface area contributed by atoms with Crippen LogP contribution in [0.1, 0.15) is 41.6 Å². The highest BCUT2D eigenvalue weighted by Crippen LogP contribution is 2.43. The number of benzene rings is 3. The maximum atomic E-state index is 11.9. The van der Waals surface area contributed by atoms with Gasteiger partial charge in [0, 0.05) is 30.8 Å². The van der Waals surface area contributed by atoms with E-state index in [4.69, 9.17) is 44.3 Å². The number of aryl methyl sites for hydroxylation is 1. The van der Waals surface area contributed by atoms with Gasteiger partial charge in [-0.25, -0.2) is 0 Å². The highest BCUT2D eigenvalue weighted by atomic mass is 35.6. The first kappa shape index (κ1) is 31.8. The molecule has 43 heavy (non-hydrogen) atoms. The van der Waals surface area contributed by atoms with Gasteiger partial charge < -0.3 is 24.5 Å². The van der Waals surface area contributed by atoms with Crippen LogP contribution in [0.15, 0.2) is 84.3 Å². The second-order valence-corrected chi connectivity index (χ2v) is 13.6. The maximum absolute atomic E-state index is 11.9. The van der Waals surface area contributed by atoms with Crippen LogP contribution in [0.3, 0.4) is 0 Å². The number of halogens is 3. The average molecular weight is 662 g/mol. The second-order valence-electron chi connectivity index (χ2n) is 10.4. The number of rotatable bonds is 9. The van der Waals surface area contributed by atoms with Gasteiger partial charge in [-0.2, -0.15) is 0 Å². The summed E-state index contributed by atoms with van der Waals surface area (Å²) in [6.07, 6.45) is 0.765. The zero-order valence-electron chi connectivity index (χ0n) is 23.5. The summed E-state index contributed by atoms with van der Waals surface area (Å²) < 4.78 is 13.0. The van der Waals surface area contributed by atoms with Crippen molar-refractivity contribution in [3.05, 3.63) is 101 Å². The predicted octanol–water partition coefficient (Wildman–Crippen LogP) is 6.54. The van der Waals surface area contributed by atoms with Crippen molar-refractivity contribution < 1.29 is 19.4 Å². The van der Waals surface area contributed by atoms with Crippen molar-refractivity contribution >= 4 is 52.5 Å². The molecule has 1 fully saturated rings. The Bertz CT molecular complexity index is 1530. The fraction of sp³-hybridized carbons (Fsp3) is 0.323. The zero-order valence-corrected chi connectivity index (χ0v) is 26.6. The van der Waals surface area contributed by atoms with E-state index < -0.39 is 16.0 Å². The molecule has 1 saturated heterocycles. The Labute approximate surface area is 269 Å². The summed E-state index contributed by atoms with van der Waals surface area (Å²) in [5, 5.41) is 21.1. The van der Waals surface area contributed by atoms with Gasteiger partial charge >= 0.3 is 0 Å². The lowest BCUT2D eigenvalue weighted by Gasteiger charge is -2.41. The number of alkyl halides is 3.